The highest BCUT2D eigenvalue weighted by atomic mass is 16.4. The molecule has 1 heterocycles. The topological polar surface area (TPSA) is 52.6 Å². The number of carboxylic acid groups (broad SMARTS) is 1. The van der Waals surface area contributed by atoms with Crippen LogP contribution in [0.5, 0.6) is 0 Å². The minimum atomic E-state index is -0.723. The lowest BCUT2D eigenvalue weighted by molar-refractivity contribution is -0.139. The second-order valence-electron chi connectivity index (χ2n) is 5.35. The van der Waals surface area contributed by atoms with E-state index in [-0.39, 0.29) is 6.04 Å². The lowest BCUT2D eigenvalue weighted by Crippen LogP contribution is -2.40. The van der Waals surface area contributed by atoms with Gasteiger partial charge in [0.05, 0.1) is 0 Å². The lowest BCUT2D eigenvalue weighted by atomic mass is 10.0. The lowest BCUT2D eigenvalue weighted by Gasteiger charge is -2.19. The molecular formula is C13H26N2O2. The maximum absolute atomic E-state index is 11.1. The van der Waals surface area contributed by atoms with Crippen molar-refractivity contribution in [2.75, 3.05) is 26.2 Å². The molecule has 0 aromatic heterocycles. The van der Waals surface area contributed by atoms with Crippen LogP contribution in [0.4, 0.5) is 0 Å². The average Bonchev–Trinajstić information content (AvgIpc) is 2.58. The molecule has 0 aromatic carbocycles. The molecule has 0 radical (unpaired) electrons. The maximum Gasteiger partial charge on any atom is 0.320 e. The number of hydrogen-bond acceptors (Lipinski definition) is 3. The fourth-order valence-electron chi connectivity index (χ4n) is 2.37. The van der Waals surface area contributed by atoms with E-state index in [1.54, 1.807) is 0 Å². The van der Waals surface area contributed by atoms with Gasteiger partial charge < -0.3 is 15.3 Å². The predicted octanol–water partition coefficient (Wildman–Crippen LogP) is 1.42. The third kappa shape index (κ3) is 4.64. The Morgan fingerprint density at radius 3 is 2.47 bits per heavy atom. The van der Waals surface area contributed by atoms with Crippen LogP contribution in [0.1, 0.15) is 33.6 Å². The zero-order valence-corrected chi connectivity index (χ0v) is 11.3. The van der Waals surface area contributed by atoms with Gasteiger partial charge in [-0.15, -0.1) is 0 Å². The van der Waals surface area contributed by atoms with E-state index < -0.39 is 5.97 Å². The van der Waals surface area contributed by atoms with Crippen LogP contribution in [-0.4, -0.2) is 48.2 Å². The van der Waals surface area contributed by atoms with E-state index in [9.17, 15) is 4.79 Å². The number of rotatable bonds is 7. The Hall–Kier alpha value is -0.610. The second kappa shape index (κ2) is 6.97. The van der Waals surface area contributed by atoms with Gasteiger partial charge in [0.1, 0.15) is 6.04 Å². The molecular weight excluding hydrogens is 216 g/mol. The van der Waals surface area contributed by atoms with E-state index in [4.69, 9.17) is 5.11 Å². The van der Waals surface area contributed by atoms with E-state index in [1.807, 2.05) is 0 Å². The first-order valence-electron chi connectivity index (χ1n) is 6.73. The number of likely N-dealkylation sites (tertiary alicyclic amines) is 1. The molecule has 3 unspecified atom stereocenters. The fourth-order valence-corrected chi connectivity index (χ4v) is 2.37. The Balaban J connectivity index is 2.29. The van der Waals surface area contributed by atoms with Gasteiger partial charge in [0.25, 0.3) is 0 Å². The molecule has 1 saturated heterocycles. The van der Waals surface area contributed by atoms with Crippen molar-refractivity contribution in [2.24, 2.45) is 11.8 Å². The zero-order chi connectivity index (χ0) is 12.8. The van der Waals surface area contributed by atoms with Crippen LogP contribution >= 0.6 is 0 Å². The highest BCUT2D eigenvalue weighted by Gasteiger charge is 2.27. The molecule has 2 N–H and O–H groups in total. The number of carbonyl (C=O) groups is 1. The van der Waals surface area contributed by atoms with Crippen LogP contribution in [-0.2, 0) is 4.79 Å². The van der Waals surface area contributed by atoms with Gasteiger partial charge in [0.15, 0.2) is 0 Å². The normalized spacial score (nSPS) is 27.2. The van der Waals surface area contributed by atoms with Crippen LogP contribution < -0.4 is 5.32 Å². The molecule has 3 atom stereocenters. The van der Waals surface area contributed by atoms with Crippen LogP contribution in [0.3, 0.4) is 0 Å². The quantitative estimate of drug-likeness (QED) is 0.709. The molecule has 1 fully saturated rings. The maximum atomic E-state index is 11.1. The van der Waals surface area contributed by atoms with E-state index in [0.717, 1.165) is 44.4 Å². The van der Waals surface area contributed by atoms with Crippen molar-refractivity contribution in [2.45, 2.75) is 39.7 Å². The monoisotopic (exact) mass is 242 g/mol. The number of nitrogens with zero attached hydrogens (tertiary/aromatic N) is 1. The molecule has 1 aliphatic heterocycles. The molecule has 17 heavy (non-hydrogen) atoms. The number of hydrogen-bond donors (Lipinski definition) is 2. The van der Waals surface area contributed by atoms with Crippen molar-refractivity contribution in [3.63, 3.8) is 0 Å². The zero-order valence-electron chi connectivity index (χ0n) is 11.3. The van der Waals surface area contributed by atoms with Gasteiger partial charge in [-0.3, -0.25) is 4.79 Å². The van der Waals surface area contributed by atoms with Crippen molar-refractivity contribution >= 4 is 5.97 Å². The molecule has 4 heteroatoms. The van der Waals surface area contributed by atoms with Gasteiger partial charge in [-0.25, -0.2) is 0 Å². The van der Waals surface area contributed by atoms with E-state index in [2.05, 4.69) is 31.0 Å². The van der Waals surface area contributed by atoms with Gasteiger partial charge in [-0.1, -0.05) is 20.8 Å². The fraction of sp³-hybridized carbons (Fsp3) is 0.923. The van der Waals surface area contributed by atoms with Crippen molar-refractivity contribution < 1.29 is 9.90 Å². The first kappa shape index (κ1) is 14.5. The Morgan fingerprint density at radius 1 is 1.41 bits per heavy atom. The summed E-state index contributed by atoms with van der Waals surface area (Å²) >= 11 is 0. The second-order valence-corrected chi connectivity index (χ2v) is 5.35. The van der Waals surface area contributed by atoms with Crippen LogP contribution in [0.2, 0.25) is 0 Å². The Kier molecular flexibility index (Phi) is 5.92. The molecule has 0 amide bonds. The van der Waals surface area contributed by atoms with Gasteiger partial charge in [0.2, 0.25) is 0 Å². The first-order chi connectivity index (χ1) is 8.04. The molecule has 1 rings (SSSR count). The molecule has 0 aromatic rings. The standard InChI is InChI=1S/C13H26N2O2/c1-4-6-14-12(13(16)17)5-7-15-8-10(2)11(3)9-15/h10-12,14H,4-9H2,1-3H3,(H,16,17). The minimum Gasteiger partial charge on any atom is -0.480 e. The smallest absolute Gasteiger partial charge is 0.320 e. The molecule has 4 nitrogen and oxygen atoms in total. The number of nitrogens with one attached hydrogen (secondary N) is 1. The molecule has 1 aliphatic rings. The van der Waals surface area contributed by atoms with Gasteiger partial charge in [-0.05, 0) is 31.2 Å². The molecule has 0 spiro atoms. The summed E-state index contributed by atoms with van der Waals surface area (Å²) < 4.78 is 0. The summed E-state index contributed by atoms with van der Waals surface area (Å²) in [5.74, 6) is 0.752. The van der Waals surface area contributed by atoms with E-state index in [0.29, 0.717) is 6.42 Å². The summed E-state index contributed by atoms with van der Waals surface area (Å²) in [5.41, 5.74) is 0. The van der Waals surface area contributed by atoms with Crippen LogP contribution in [0.25, 0.3) is 0 Å². The summed E-state index contributed by atoms with van der Waals surface area (Å²) in [6.45, 7) is 10.5. The predicted molar refractivity (Wildman–Crippen MR) is 69.1 cm³/mol. The molecule has 100 valence electrons. The van der Waals surface area contributed by atoms with Gasteiger partial charge in [0, 0.05) is 19.6 Å². The SMILES string of the molecule is CCCNC(CCN1CC(C)C(C)C1)C(=O)O. The Bertz CT molecular complexity index is 236. The first-order valence-corrected chi connectivity index (χ1v) is 6.73. The molecule has 0 aliphatic carbocycles. The van der Waals surface area contributed by atoms with Crippen LogP contribution in [0, 0.1) is 11.8 Å². The Morgan fingerprint density at radius 2 is 2.00 bits per heavy atom. The average molecular weight is 242 g/mol. The summed E-state index contributed by atoms with van der Waals surface area (Å²) in [7, 11) is 0. The summed E-state index contributed by atoms with van der Waals surface area (Å²) in [5, 5.41) is 12.2. The number of aliphatic carboxylic acids is 1. The van der Waals surface area contributed by atoms with Crippen molar-refractivity contribution in [1.82, 2.24) is 10.2 Å². The molecule has 0 saturated carbocycles. The van der Waals surface area contributed by atoms with E-state index in [1.165, 1.54) is 0 Å². The minimum absolute atomic E-state index is 0.388. The third-order valence-electron chi connectivity index (χ3n) is 3.74. The summed E-state index contributed by atoms with van der Waals surface area (Å²) in [4.78, 5) is 13.4. The highest BCUT2D eigenvalue weighted by Crippen LogP contribution is 2.22. The van der Waals surface area contributed by atoms with Crippen molar-refractivity contribution in [3.8, 4) is 0 Å². The highest BCUT2D eigenvalue weighted by molar-refractivity contribution is 5.73. The van der Waals surface area contributed by atoms with Crippen molar-refractivity contribution in [1.29, 1.82) is 0 Å². The van der Waals surface area contributed by atoms with Gasteiger partial charge in [-0.2, -0.15) is 0 Å². The third-order valence-corrected chi connectivity index (χ3v) is 3.74. The summed E-state index contributed by atoms with van der Waals surface area (Å²) in [6, 6.07) is -0.388. The molecule has 0 bridgehead atoms. The van der Waals surface area contributed by atoms with Crippen LogP contribution in [0.15, 0.2) is 0 Å². The summed E-state index contributed by atoms with van der Waals surface area (Å²) in [6.07, 6.45) is 1.68. The van der Waals surface area contributed by atoms with Crippen molar-refractivity contribution in [3.05, 3.63) is 0 Å². The largest absolute Gasteiger partial charge is 0.480 e. The Labute approximate surface area is 104 Å². The number of carboxylic acids is 1. The van der Waals surface area contributed by atoms with Gasteiger partial charge >= 0.3 is 5.97 Å². The van der Waals surface area contributed by atoms with E-state index >= 15 is 0 Å².